The molecule has 1 aliphatic heterocycles. The van der Waals surface area contributed by atoms with Crippen molar-refractivity contribution in [3.63, 3.8) is 0 Å². The molecular weight excluding hydrogens is 290 g/mol. The van der Waals surface area contributed by atoms with Gasteiger partial charge in [0.15, 0.2) is 0 Å². The van der Waals surface area contributed by atoms with Gasteiger partial charge in [-0.1, -0.05) is 30.3 Å². The van der Waals surface area contributed by atoms with Gasteiger partial charge in [0.1, 0.15) is 0 Å². The SMILES string of the molecule is CS(=O)(=O)N1CCN(C(=O)C(N)Cc2ccccc2)CC1. The summed E-state index contributed by atoms with van der Waals surface area (Å²) in [5, 5.41) is 0. The number of rotatable bonds is 4. The summed E-state index contributed by atoms with van der Waals surface area (Å²) >= 11 is 0. The van der Waals surface area contributed by atoms with Crippen LogP contribution in [0, 0.1) is 0 Å². The van der Waals surface area contributed by atoms with Crippen LogP contribution >= 0.6 is 0 Å². The predicted octanol–water partition coefficient (Wildman–Crippen LogP) is -0.340. The van der Waals surface area contributed by atoms with Crippen LogP contribution in [0.3, 0.4) is 0 Å². The Hall–Kier alpha value is -1.44. The molecule has 0 bridgehead atoms. The molecule has 1 fully saturated rings. The molecule has 0 spiro atoms. The van der Waals surface area contributed by atoms with Crippen LogP contribution in [0.2, 0.25) is 0 Å². The zero-order valence-electron chi connectivity index (χ0n) is 12.1. The van der Waals surface area contributed by atoms with Crippen LogP contribution in [0.5, 0.6) is 0 Å². The number of amides is 1. The van der Waals surface area contributed by atoms with Gasteiger partial charge in [-0.2, -0.15) is 4.31 Å². The van der Waals surface area contributed by atoms with Gasteiger partial charge in [0.2, 0.25) is 15.9 Å². The van der Waals surface area contributed by atoms with Gasteiger partial charge in [-0.15, -0.1) is 0 Å². The first kappa shape index (κ1) is 15.9. The van der Waals surface area contributed by atoms with E-state index in [2.05, 4.69) is 0 Å². The van der Waals surface area contributed by atoms with E-state index in [0.29, 0.717) is 32.6 Å². The molecule has 0 saturated carbocycles. The minimum atomic E-state index is -3.18. The van der Waals surface area contributed by atoms with E-state index in [-0.39, 0.29) is 5.91 Å². The third kappa shape index (κ3) is 4.26. The fraction of sp³-hybridized carbons (Fsp3) is 0.500. The fourth-order valence-electron chi connectivity index (χ4n) is 2.43. The molecule has 0 aliphatic carbocycles. The van der Waals surface area contributed by atoms with Crippen molar-refractivity contribution in [3.8, 4) is 0 Å². The summed E-state index contributed by atoms with van der Waals surface area (Å²) in [6.07, 6.45) is 1.68. The first-order valence-corrected chi connectivity index (χ1v) is 8.76. The second-order valence-corrected chi connectivity index (χ2v) is 7.27. The van der Waals surface area contributed by atoms with Crippen molar-refractivity contribution in [3.05, 3.63) is 35.9 Å². The largest absolute Gasteiger partial charge is 0.339 e. The maximum Gasteiger partial charge on any atom is 0.239 e. The summed E-state index contributed by atoms with van der Waals surface area (Å²) < 4.78 is 24.3. The smallest absolute Gasteiger partial charge is 0.239 e. The van der Waals surface area contributed by atoms with Gasteiger partial charge in [0.25, 0.3) is 0 Å². The molecule has 1 aromatic carbocycles. The quantitative estimate of drug-likeness (QED) is 0.824. The Bertz CT molecular complexity index is 581. The Labute approximate surface area is 125 Å². The molecule has 7 heteroatoms. The predicted molar refractivity (Wildman–Crippen MR) is 81.1 cm³/mol. The molecule has 0 radical (unpaired) electrons. The van der Waals surface area contributed by atoms with Crippen molar-refractivity contribution in [1.29, 1.82) is 0 Å². The van der Waals surface area contributed by atoms with E-state index < -0.39 is 16.1 Å². The number of sulfonamides is 1. The maximum atomic E-state index is 12.3. The summed E-state index contributed by atoms with van der Waals surface area (Å²) in [5.41, 5.74) is 7.00. The number of hydrogen-bond donors (Lipinski definition) is 1. The third-order valence-corrected chi connectivity index (χ3v) is 4.94. The number of benzene rings is 1. The van der Waals surface area contributed by atoms with Crippen LogP contribution in [0.1, 0.15) is 5.56 Å². The standard InChI is InChI=1S/C14H21N3O3S/c1-21(19,20)17-9-7-16(8-10-17)14(18)13(15)11-12-5-3-2-4-6-12/h2-6,13H,7-11,15H2,1H3. The zero-order chi connectivity index (χ0) is 15.5. The van der Waals surface area contributed by atoms with E-state index in [0.717, 1.165) is 5.56 Å². The van der Waals surface area contributed by atoms with Gasteiger partial charge in [-0.25, -0.2) is 8.42 Å². The Morgan fingerprint density at radius 2 is 1.76 bits per heavy atom. The molecule has 2 N–H and O–H groups in total. The summed E-state index contributed by atoms with van der Waals surface area (Å²) in [7, 11) is -3.18. The first-order chi connectivity index (χ1) is 9.88. The highest BCUT2D eigenvalue weighted by atomic mass is 32.2. The lowest BCUT2D eigenvalue weighted by atomic mass is 10.1. The maximum absolute atomic E-state index is 12.3. The van der Waals surface area contributed by atoms with E-state index in [1.165, 1.54) is 10.6 Å². The molecule has 6 nitrogen and oxygen atoms in total. The van der Waals surface area contributed by atoms with Crippen LogP contribution in [-0.4, -0.2) is 62.0 Å². The fourth-order valence-corrected chi connectivity index (χ4v) is 3.26. The van der Waals surface area contributed by atoms with Crippen molar-refractivity contribution >= 4 is 15.9 Å². The Morgan fingerprint density at radius 3 is 2.29 bits per heavy atom. The number of nitrogens with two attached hydrogens (primary N) is 1. The highest BCUT2D eigenvalue weighted by molar-refractivity contribution is 7.88. The minimum Gasteiger partial charge on any atom is -0.339 e. The van der Waals surface area contributed by atoms with Crippen molar-refractivity contribution < 1.29 is 13.2 Å². The van der Waals surface area contributed by atoms with Gasteiger partial charge < -0.3 is 10.6 Å². The Kier molecular flexibility index (Phi) is 4.97. The summed E-state index contributed by atoms with van der Waals surface area (Å²) in [4.78, 5) is 13.9. The number of nitrogens with zero attached hydrogens (tertiary/aromatic N) is 2. The van der Waals surface area contributed by atoms with Crippen LogP contribution in [0.15, 0.2) is 30.3 Å². The van der Waals surface area contributed by atoms with Gasteiger partial charge in [0.05, 0.1) is 12.3 Å². The van der Waals surface area contributed by atoms with E-state index >= 15 is 0 Å². The number of hydrogen-bond acceptors (Lipinski definition) is 4. The molecule has 1 unspecified atom stereocenters. The molecule has 1 aromatic rings. The molecule has 1 heterocycles. The lowest BCUT2D eigenvalue weighted by molar-refractivity contribution is -0.133. The molecule has 0 aromatic heterocycles. The molecular formula is C14H21N3O3S. The summed E-state index contributed by atoms with van der Waals surface area (Å²) in [5.74, 6) is -0.119. The summed E-state index contributed by atoms with van der Waals surface area (Å²) in [6.45, 7) is 1.47. The number of piperazine rings is 1. The summed E-state index contributed by atoms with van der Waals surface area (Å²) in [6, 6.07) is 9.04. The molecule has 21 heavy (non-hydrogen) atoms. The third-order valence-electron chi connectivity index (χ3n) is 3.63. The van der Waals surface area contributed by atoms with Gasteiger partial charge >= 0.3 is 0 Å². The molecule has 116 valence electrons. The minimum absolute atomic E-state index is 0.119. The number of carbonyl (C=O) groups is 1. The lowest BCUT2D eigenvalue weighted by Crippen LogP contribution is -2.54. The second kappa shape index (κ2) is 6.55. The van der Waals surface area contributed by atoms with E-state index in [1.807, 2.05) is 30.3 Å². The first-order valence-electron chi connectivity index (χ1n) is 6.91. The highest BCUT2D eigenvalue weighted by Crippen LogP contribution is 2.09. The molecule has 1 amide bonds. The number of carbonyl (C=O) groups excluding carboxylic acids is 1. The van der Waals surface area contributed by atoms with Gasteiger partial charge in [0, 0.05) is 26.2 Å². The van der Waals surface area contributed by atoms with Crippen LogP contribution < -0.4 is 5.73 Å². The average molecular weight is 311 g/mol. The van der Waals surface area contributed by atoms with Gasteiger partial charge in [-0.3, -0.25) is 4.79 Å². The van der Waals surface area contributed by atoms with Crippen molar-refractivity contribution in [2.24, 2.45) is 5.73 Å². The monoisotopic (exact) mass is 311 g/mol. The van der Waals surface area contributed by atoms with E-state index in [9.17, 15) is 13.2 Å². The Balaban J connectivity index is 1.90. The average Bonchev–Trinajstić information content (AvgIpc) is 2.46. The lowest BCUT2D eigenvalue weighted by Gasteiger charge is -2.34. The molecule has 1 atom stereocenters. The van der Waals surface area contributed by atoms with Crippen molar-refractivity contribution in [1.82, 2.24) is 9.21 Å². The zero-order valence-corrected chi connectivity index (χ0v) is 12.9. The van der Waals surface area contributed by atoms with Crippen molar-refractivity contribution in [2.45, 2.75) is 12.5 Å². The van der Waals surface area contributed by atoms with E-state index in [4.69, 9.17) is 5.73 Å². The normalized spacial score (nSPS) is 18.5. The van der Waals surface area contributed by atoms with Crippen LogP contribution in [-0.2, 0) is 21.2 Å². The Morgan fingerprint density at radius 1 is 1.19 bits per heavy atom. The molecule has 1 aliphatic rings. The molecule has 1 saturated heterocycles. The van der Waals surface area contributed by atoms with Gasteiger partial charge in [-0.05, 0) is 12.0 Å². The highest BCUT2D eigenvalue weighted by Gasteiger charge is 2.28. The topological polar surface area (TPSA) is 83.7 Å². The van der Waals surface area contributed by atoms with Crippen LogP contribution in [0.4, 0.5) is 0 Å². The van der Waals surface area contributed by atoms with Crippen molar-refractivity contribution in [2.75, 3.05) is 32.4 Å². The second-order valence-electron chi connectivity index (χ2n) is 5.28. The van der Waals surface area contributed by atoms with E-state index in [1.54, 1.807) is 4.90 Å². The van der Waals surface area contributed by atoms with Crippen LogP contribution in [0.25, 0.3) is 0 Å². The molecule has 2 rings (SSSR count).